The first-order chi connectivity index (χ1) is 8.70. The van der Waals surface area contributed by atoms with E-state index in [-0.39, 0.29) is 5.69 Å². The molecule has 0 amide bonds. The fourth-order valence-corrected chi connectivity index (χ4v) is 2.72. The summed E-state index contributed by atoms with van der Waals surface area (Å²) in [6.45, 7) is 2.06. The van der Waals surface area contributed by atoms with Gasteiger partial charge in [0.15, 0.2) is 5.65 Å². The van der Waals surface area contributed by atoms with E-state index in [1.807, 2.05) is 12.1 Å². The van der Waals surface area contributed by atoms with E-state index >= 15 is 0 Å². The standard InChI is InChI=1S/C13H11N3OS/c1-8-3-2-4-9(5-8)18-10-6-11-12(14-7-10)16-13(17)15-11/h2-7H,1H3,(H2,14,15,16,17). The molecule has 0 aliphatic rings. The van der Waals surface area contributed by atoms with Crippen LogP contribution in [-0.2, 0) is 0 Å². The first-order valence-corrected chi connectivity index (χ1v) is 6.35. The Morgan fingerprint density at radius 1 is 1.17 bits per heavy atom. The molecule has 5 heteroatoms. The molecule has 0 aliphatic carbocycles. The average molecular weight is 257 g/mol. The minimum absolute atomic E-state index is 0.227. The molecule has 4 nitrogen and oxygen atoms in total. The molecule has 0 saturated heterocycles. The number of hydrogen-bond donors (Lipinski definition) is 2. The summed E-state index contributed by atoms with van der Waals surface area (Å²) in [5, 5.41) is 0. The van der Waals surface area contributed by atoms with E-state index in [2.05, 4.69) is 40.1 Å². The van der Waals surface area contributed by atoms with Gasteiger partial charge in [-0.25, -0.2) is 9.78 Å². The normalized spacial score (nSPS) is 10.9. The second-order valence-corrected chi connectivity index (χ2v) is 5.21. The number of aromatic nitrogens is 3. The van der Waals surface area contributed by atoms with E-state index in [9.17, 15) is 4.79 Å². The van der Waals surface area contributed by atoms with Gasteiger partial charge in [0.25, 0.3) is 0 Å². The van der Waals surface area contributed by atoms with Crippen LogP contribution in [0.25, 0.3) is 11.2 Å². The van der Waals surface area contributed by atoms with Crippen molar-refractivity contribution < 1.29 is 0 Å². The lowest BCUT2D eigenvalue weighted by atomic mass is 10.2. The van der Waals surface area contributed by atoms with Crippen molar-refractivity contribution in [1.82, 2.24) is 15.0 Å². The van der Waals surface area contributed by atoms with Gasteiger partial charge in [-0.05, 0) is 25.1 Å². The molecule has 0 spiro atoms. The van der Waals surface area contributed by atoms with Crippen molar-refractivity contribution in [3.05, 3.63) is 52.6 Å². The summed E-state index contributed by atoms with van der Waals surface area (Å²) in [4.78, 5) is 22.9. The number of H-pyrrole nitrogens is 2. The van der Waals surface area contributed by atoms with Crippen LogP contribution in [0, 0.1) is 6.92 Å². The van der Waals surface area contributed by atoms with Gasteiger partial charge in [0.05, 0.1) is 5.52 Å². The summed E-state index contributed by atoms with van der Waals surface area (Å²) in [5.74, 6) is 0. The third kappa shape index (κ3) is 2.17. The molecule has 1 aromatic carbocycles. The minimum atomic E-state index is -0.227. The van der Waals surface area contributed by atoms with Crippen molar-refractivity contribution in [1.29, 1.82) is 0 Å². The molecule has 90 valence electrons. The quantitative estimate of drug-likeness (QED) is 0.742. The molecular formula is C13H11N3OS. The number of nitrogens with zero attached hydrogens (tertiary/aromatic N) is 1. The van der Waals surface area contributed by atoms with Gasteiger partial charge in [0.1, 0.15) is 0 Å². The number of nitrogens with one attached hydrogen (secondary N) is 2. The molecule has 0 fully saturated rings. The Bertz CT molecular complexity index is 760. The van der Waals surface area contributed by atoms with Crippen molar-refractivity contribution in [2.45, 2.75) is 16.7 Å². The molecule has 0 atom stereocenters. The molecule has 0 saturated carbocycles. The highest BCUT2D eigenvalue weighted by Gasteiger charge is 2.03. The zero-order valence-electron chi connectivity index (χ0n) is 9.73. The first-order valence-electron chi connectivity index (χ1n) is 5.53. The summed E-state index contributed by atoms with van der Waals surface area (Å²) in [5.41, 5.74) is 2.32. The maximum Gasteiger partial charge on any atom is 0.325 e. The lowest BCUT2D eigenvalue weighted by Gasteiger charge is -2.02. The number of imidazole rings is 1. The van der Waals surface area contributed by atoms with Crippen LogP contribution in [0.5, 0.6) is 0 Å². The second-order valence-electron chi connectivity index (χ2n) is 4.06. The Hall–Kier alpha value is -2.01. The van der Waals surface area contributed by atoms with E-state index in [0.717, 1.165) is 15.3 Å². The predicted octanol–water partition coefficient (Wildman–Crippen LogP) is 2.71. The van der Waals surface area contributed by atoms with E-state index in [4.69, 9.17) is 0 Å². The fourth-order valence-electron chi connectivity index (χ4n) is 1.77. The molecular weight excluding hydrogens is 246 g/mol. The van der Waals surface area contributed by atoms with E-state index in [0.29, 0.717) is 5.65 Å². The third-order valence-electron chi connectivity index (χ3n) is 2.57. The van der Waals surface area contributed by atoms with E-state index < -0.39 is 0 Å². The van der Waals surface area contributed by atoms with Crippen molar-refractivity contribution in [2.75, 3.05) is 0 Å². The smallest absolute Gasteiger partial charge is 0.304 e. The number of pyridine rings is 1. The Labute approximate surface area is 107 Å². The number of rotatable bonds is 2. The molecule has 0 aliphatic heterocycles. The van der Waals surface area contributed by atoms with E-state index in [1.54, 1.807) is 18.0 Å². The number of aromatic amines is 2. The molecule has 2 aromatic heterocycles. The summed E-state index contributed by atoms with van der Waals surface area (Å²) < 4.78 is 0. The fraction of sp³-hybridized carbons (Fsp3) is 0.0769. The van der Waals surface area contributed by atoms with Crippen LogP contribution in [0.3, 0.4) is 0 Å². The first kappa shape index (κ1) is 11.1. The molecule has 2 N–H and O–H groups in total. The largest absolute Gasteiger partial charge is 0.325 e. The molecule has 3 rings (SSSR count). The second kappa shape index (κ2) is 4.34. The lowest BCUT2D eigenvalue weighted by Crippen LogP contribution is -1.99. The van der Waals surface area contributed by atoms with Gasteiger partial charge < -0.3 is 4.98 Å². The Morgan fingerprint density at radius 3 is 2.89 bits per heavy atom. The third-order valence-corrected chi connectivity index (χ3v) is 3.52. The van der Waals surface area contributed by atoms with Gasteiger partial charge in [-0.2, -0.15) is 0 Å². The average Bonchev–Trinajstić information content (AvgIpc) is 2.68. The molecule has 3 aromatic rings. The highest BCUT2D eigenvalue weighted by molar-refractivity contribution is 7.99. The number of benzene rings is 1. The number of hydrogen-bond acceptors (Lipinski definition) is 3. The Morgan fingerprint density at radius 2 is 2.06 bits per heavy atom. The molecule has 18 heavy (non-hydrogen) atoms. The van der Waals surface area contributed by atoms with Gasteiger partial charge in [0.2, 0.25) is 0 Å². The summed E-state index contributed by atoms with van der Waals surface area (Å²) in [6, 6.07) is 10.2. The maximum absolute atomic E-state index is 11.1. The summed E-state index contributed by atoms with van der Waals surface area (Å²) in [6.07, 6.45) is 1.76. The van der Waals surface area contributed by atoms with Crippen LogP contribution in [0.1, 0.15) is 5.56 Å². The number of aryl methyl sites for hydroxylation is 1. The van der Waals surface area contributed by atoms with Crippen LogP contribution in [0.15, 0.2) is 51.1 Å². The number of fused-ring (bicyclic) bond motifs is 1. The van der Waals surface area contributed by atoms with Crippen molar-refractivity contribution >= 4 is 22.9 Å². The van der Waals surface area contributed by atoms with Gasteiger partial charge in [0, 0.05) is 16.0 Å². The predicted molar refractivity (Wildman–Crippen MR) is 72.0 cm³/mol. The van der Waals surface area contributed by atoms with Gasteiger partial charge in [-0.3, -0.25) is 4.98 Å². The monoisotopic (exact) mass is 257 g/mol. The van der Waals surface area contributed by atoms with Crippen LogP contribution in [0.2, 0.25) is 0 Å². The highest BCUT2D eigenvalue weighted by Crippen LogP contribution is 2.28. The van der Waals surface area contributed by atoms with Crippen LogP contribution in [-0.4, -0.2) is 15.0 Å². The molecule has 0 unspecified atom stereocenters. The Balaban J connectivity index is 1.97. The van der Waals surface area contributed by atoms with Gasteiger partial charge >= 0.3 is 5.69 Å². The summed E-state index contributed by atoms with van der Waals surface area (Å²) in [7, 11) is 0. The zero-order valence-corrected chi connectivity index (χ0v) is 10.5. The van der Waals surface area contributed by atoms with Crippen molar-refractivity contribution in [3.63, 3.8) is 0 Å². The SMILES string of the molecule is Cc1cccc(Sc2cnc3[nH]c(=O)[nH]c3c2)c1. The van der Waals surface area contributed by atoms with E-state index in [1.165, 1.54) is 5.56 Å². The summed E-state index contributed by atoms with van der Waals surface area (Å²) >= 11 is 1.63. The van der Waals surface area contributed by atoms with Crippen LogP contribution < -0.4 is 5.69 Å². The zero-order chi connectivity index (χ0) is 12.5. The molecule has 2 heterocycles. The maximum atomic E-state index is 11.1. The van der Waals surface area contributed by atoms with Crippen LogP contribution in [0.4, 0.5) is 0 Å². The molecule has 0 radical (unpaired) electrons. The highest BCUT2D eigenvalue weighted by atomic mass is 32.2. The minimum Gasteiger partial charge on any atom is -0.304 e. The van der Waals surface area contributed by atoms with Gasteiger partial charge in [-0.15, -0.1) is 0 Å². The lowest BCUT2D eigenvalue weighted by molar-refractivity contribution is 1.20. The van der Waals surface area contributed by atoms with Gasteiger partial charge in [-0.1, -0.05) is 29.5 Å². The van der Waals surface area contributed by atoms with Crippen LogP contribution >= 0.6 is 11.8 Å². The molecule has 0 bridgehead atoms. The van der Waals surface area contributed by atoms with Crippen molar-refractivity contribution in [2.24, 2.45) is 0 Å². The topological polar surface area (TPSA) is 61.5 Å². The van der Waals surface area contributed by atoms with Crippen molar-refractivity contribution in [3.8, 4) is 0 Å². The Kier molecular flexibility index (Phi) is 2.68.